The third-order valence-electron chi connectivity index (χ3n) is 3.42. The zero-order valence-electron chi connectivity index (χ0n) is 12.1. The molecule has 18 heavy (non-hydrogen) atoms. The number of hydrogen-bond acceptors (Lipinski definition) is 4. The van der Waals surface area contributed by atoms with Gasteiger partial charge in [0.1, 0.15) is 0 Å². The SMILES string of the molecule is CCCC1CN(CCCCOCCOC)CCN1. The minimum atomic E-state index is 0.705. The first kappa shape index (κ1) is 15.9. The van der Waals surface area contributed by atoms with Crippen molar-refractivity contribution in [2.45, 2.75) is 38.6 Å². The molecule has 0 radical (unpaired) electrons. The number of rotatable bonds is 10. The maximum absolute atomic E-state index is 5.47. The van der Waals surface area contributed by atoms with Crippen LogP contribution in [-0.4, -0.2) is 64.1 Å². The minimum Gasteiger partial charge on any atom is -0.382 e. The molecule has 0 amide bonds. The second-order valence-corrected chi connectivity index (χ2v) is 5.05. The van der Waals surface area contributed by atoms with Crippen molar-refractivity contribution in [3.05, 3.63) is 0 Å². The van der Waals surface area contributed by atoms with Gasteiger partial charge in [-0.25, -0.2) is 0 Å². The first-order valence-corrected chi connectivity index (χ1v) is 7.39. The van der Waals surface area contributed by atoms with E-state index in [1.54, 1.807) is 7.11 Å². The molecule has 1 N–H and O–H groups in total. The normalized spacial score (nSPS) is 21.3. The average molecular weight is 258 g/mol. The van der Waals surface area contributed by atoms with E-state index in [2.05, 4.69) is 17.1 Å². The Morgan fingerprint density at radius 3 is 2.89 bits per heavy atom. The zero-order valence-corrected chi connectivity index (χ0v) is 12.1. The van der Waals surface area contributed by atoms with Crippen molar-refractivity contribution in [2.75, 3.05) is 53.1 Å². The molecule has 1 fully saturated rings. The lowest BCUT2D eigenvalue weighted by atomic mass is 10.1. The van der Waals surface area contributed by atoms with Gasteiger partial charge >= 0.3 is 0 Å². The van der Waals surface area contributed by atoms with E-state index in [9.17, 15) is 0 Å². The first-order chi connectivity index (χ1) is 8.86. The lowest BCUT2D eigenvalue weighted by molar-refractivity contribution is 0.0671. The van der Waals surface area contributed by atoms with Gasteiger partial charge < -0.3 is 19.7 Å². The molecule has 0 aromatic heterocycles. The largest absolute Gasteiger partial charge is 0.382 e. The van der Waals surface area contributed by atoms with Crippen LogP contribution in [0.1, 0.15) is 32.6 Å². The highest BCUT2D eigenvalue weighted by Crippen LogP contribution is 2.06. The molecule has 1 aliphatic heterocycles. The number of piperazine rings is 1. The number of methoxy groups -OCH3 is 1. The summed E-state index contributed by atoms with van der Waals surface area (Å²) >= 11 is 0. The monoisotopic (exact) mass is 258 g/mol. The maximum Gasteiger partial charge on any atom is 0.0700 e. The fourth-order valence-electron chi connectivity index (χ4n) is 2.42. The molecule has 1 saturated heterocycles. The van der Waals surface area contributed by atoms with E-state index < -0.39 is 0 Å². The third-order valence-corrected chi connectivity index (χ3v) is 3.42. The van der Waals surface area contributed by atoms with Gasteiger partial charge in [-0.1, -0.05) is 13.3 Å². The van der Waals surface area contributed by atoms with Crippen molar-refractivity contribution >= 4 is 0 Å². The van der Waals surface area contributed by atoms with Crippen LogP contribution in [0.5, 0.6) is 0 Å². The van der Waals surface area contributed by atoms with E-state index in [0.717, 1.165) is 26.2 Å². The highest BCUT2D eigenvalue weighted by Gasteiger charge is 2.17. The first-order valence-electron chi connectivity index (χ1n) is 7.39. The van der Waals surface area contributed by atoms with Gasteiger partial charge in [-0.05, 0) is 25.8 Å². The van der Waals surface area contributed by atoms with Crippen LogP contribution < -0.4 is 5.32 Å². The summed E-state index contributed by atoms with van der Waals surface area (Å²) in [6, 6.07) is 0.710. The lowest BCUT2D eigenvalue weighted by Gasteiger charge is -2.33. The zero-order chi connectivity index (χ0) is 13.1. The Hall–Kier alpha value is -0.160. The molecular weight excluding hydrogens is 228 g/mol. The second-order valence-electron chi connectivity index (χ2n) is 5.05. The van der Waals surface area contributed by atoms with Crippen molar-refractivity contribution in [3.63, 3.8) is 0 Å². The van der Waals surface area contributed by atoms with Gasteiger partial charge in [-0.15, -0.1) is 0 Å². The Kier molecular flexibility index (Phi) is 9.48. The molecule has 4 heteroatoms. The van der Waals surface area contributed by atoms with Gasteiger partial charge in [0.15, 0.2) is 0 Å². The number of hydrogen-bond donors (Lipinski definition) is 1. The molecule has 0 bridgehead atoms. The van der Waals surface area contributed by atoms with Crippen molar-refractivity contribution in [3.8, 4) is 0 Å². The van der Waals surface area contributed by atoms with Crippen LogP contribution in [-0.2, 0) is 9.47 Å². The summed E-state index contributed by atoms with van der Waals surface area (Å²) in [7, 11) is 1.71. The fraction of sp³-hybridized carbons (Fsp3) is 1.00. The van der Waals surface area contributed by atoms with Crippen LogP contribution in [0.15, 0.2) is 0 Å². The molecule has 0 spiro atoms. The van der Waals surface area contributed by atoms with Crippen LogP contribution >= 0.6 is 0 Å². The van der Waals surface area contributed by atoms with Crippen molar-refractivity contribution in [1.29, 1.82) is 0 Å². The predicted molar refractivity (Wildman–Crippen MR) is 75.1 cm³/mol. The van der Waals surface area contributed by atoms with E-state index in [4.69, 9.17) is 9.47 Å². The Morgan fingerprint density at radius 1 is 1.22 bits per heavy atom. The van der Waals surface area contributed by atoms with Crippen LogP contribution in [0.4, 0.5) is 0 Å². The molecule has 0 saturated carbocycles. The van der Waals surface area contributed by atoms with E-state index >= 15 is 0 Å². The summed E-state index contributed by atoms with van der Waals surface area (Å²) < 4.78 is 10.4. The number of unbranched alkanes of at least 4 members (excludes halogenated alkanes) is 1. The molecule has 0 aliphatic carbocycles. The Labute approximate surface area is 112 Å². The summed E-state index contributed by atoms with van der Waals surface area (Å²) in [5.74, 6) is 0. The Balaban J connectivity index is 1.94. The molecule has 0 aromatic rings. The molecule has 1 unspecified atom stereocenters. The highest BCUT2D eigenvalue weighted by molar-refractivity contribution is 4.77. The smallest absolute Gasteiger partial charge is 0.0700 e. The van der Waals surface area contributed by atoms with E-state index in [1.165, 1.54) is 38.9 Å². The van der Waals surface area contributed by atoms with Gasteiger partial charge in [0.25, 0.3) is 0 Å². The van der Waals surface area contributed by atoms with Gasteiger partial charge in [-0.3, -0.25) is 0 Å². The Bertz CT molecular complexity index is 189. The maximum atomic E-state index is 5.47. The molecule has 1 heterocycles. The number of nitrogens with zero attached hydrogens (tertiary/aromatic N) is 1. The predicted octanol–water partition coefficient (Wildman–Crippen LogP) is 1.50. The summed E-state index contributed by atoms with van der Waals surface area (Å²) in [5, 5.41) is 3.59. The summed E-state index contributed by atoms with van der Waals surface area (Å²) in [6.45, 7) is 9.35. The van der Waals surface area contributed by atoms with E-state index in [0.29, 0.717) is 12.6 Å². The van der Waals surface area contributed by atoms with E-state index in [-0.39, 0.29) is 0 Å². The molecule has 1 atom stereocenters. The Morgan fingerprint density at radius 2 is 2.11 bits per heavy atom. The minimum absolute atomic E-state index is 0.705. The van der Waals surface area contributed by atoms with Crippen LogP contribution in [0.3, 0.4) is 0 Å². The summed E-state index contributed by atoms with van der Waals surface area (Å²) in [4.78, 5) is 2.59. The molecule has 1 aliphatic rings. The van der Waals surface area contributed by atoms with Crippen LogP contribution in [0.25, 0.3) is 0 Å². The average Bonchev–Trinajstić information content (AvgIpc) is 2.39. The van der Waals surface area contributed by atoms with Gasteiger partial charge in [0, 0.05) is 39.4 Å². The standard InChI is InChI=1S/C14H30N2O2/c1-3-6-14-13-16(9-7-15-14)8-4-5-10-18-12-11-17-2/h14-15H,3-13H2,1-2H3. The molecule has 108 valence electrons. The van der Waals surface area contributed by atoms with Crippen LogP contribution in [0.2, 0.25) is 0 Å². The van der Waals surface area contributed by atoms with Gasteiger partial charge in [0.05, 0.1) is 13.2 Å². The van der Waals surface area contributed by atoms with Gasteiger partial charge in [0.2, 0.25) is 0 Å². The summed E-state index contributed by atoms with van der Waals surface area (Å²) in [6.07, 6.45) is 4.98. The lowest BCUT2D eigenvalue weighted by Crippen LogP contribution is -2.50. The fourth-order valence-corrected chi connectivity index (χ4v) is 2.42. The van der Waals surface area contributed by atoms with Crippen molar-refractivity contribution in [2.24, 2.45) is 0 Å². The number of nitrogens with one attached hydrogen (secondary N) is 1. The molecule has 0 aromatic carbocycles. The second kappa shape index (κ2) is 10.7. The topological polar surface area (TPSA) is 33.7 Å². The molecular formula is C14H30N2O2. The molecule has 1 rings (SSSR count). The number of ether oxygens (including phenoxy) is 2. The van der Waals surface area contributed by atoms with Gasteiger partial charge in [-0.2, -0.15) is 0 Å². The summed E-state index contributed by atoms with van der Waals surface area (Å²) in [5.41, 5.74) is 0. The quantitative estimate of drug-likeness (QED) is 0.602. The molecule has 4 nitrogen and oxygen atoms in total. The highest BCUT2D eigenvalue weighted by atomic mass is 16.5. The third kappa shape index (κ3) is 7.31. The van der Waals surface area contributed by atoms with Crippen molar-refractivity contribution < 1.29 is 9.47 Å². The van der Waals surface area contributed by atoms with Crippen LogP contribution in [0, 0.1) is 0 Å². The van der Waals surface area contributed by atoms with E-state index in [1.807, 2.05) is 0 Å². The van der Waals surface area contributed by atoms with Crippen molar-refractivity contribution in [1.82, 2.24) is 10.2 Å².